The fourth-order valence-corrected chi connectivity index (χ4v) is 4.50. The van der Waals surface area contributed by atoms with Crippen LogP contribution >= 0.6 is 0 Å². The highest BCUT2D eigenvalue weighted by molar-refractivity contribution is 5.77. The molecular weight excluding hydrogens is 324 g/mol. The lowest BCUT2D eigenvalue weighted by atomic mass is 9.73. The summed E-state index contributed by atoms with van der Waals surface area (Å²) in [4.78, 5) is 25.7. The lowest BCUT2D eigenvalue weighted by Gasteiger charge is -2.49. The third-order valence-electron chi connectivity index (χ3n) is 5.82. The minimum Gasteiger partial charge on any atom is -0.371 e. The van der Waals surface area contributed by atoms with Gasteiger partial charge in [0.1, 0.15) is 0 Å². The van der Waals surface area contributed by atoms with E-state index in [2.05, 4.69) is 27.9 Å². The van der Waals surface area contributed by atoms with E-state index in [-0.39, 0.29) is 11.3 Å². The Morgan fingerprint density at radius 3 is 2.88 bits per heavy atom. The number of carbonyl (C=O) groups excluding carboxylic acids is 1. The summed E-state index contributed by atoms with van der Waals surface area (Å²) in [6.45, 7) is 5.69. The van der Waals surface area contributed by atoms with Crippen LogP contribution in [0.2, 0.25) is 0 Å². The standard InChI is InChI=1S/C21H26N4O/c1-17-13-22-11-7-19(17)24-12-4-8-21(15-24)9-6-20(26)25(16-21)14-18-5-2-3-10-23-18/h2-3,5,7,10-11,13H,4,6,8-9,12,14-16H2,1H3/t21-/m0/s1. The Morgan fingerprint density at radius 2 is 2.08 bits per heavy atom. The fraction of sp³-hybridized carbons (Fsp3) is 0.476. The first-order chi connectivity index (χ1) is 12.7. The van der Waals surface area contributed by atoms with Crippen molar-refractivity contribution < 1.29 is 4.79 Å². The van der Waals surface area contributed by atoms with Crippen LogP contribution in [0.3, 0.4) is 0 Å². The first-order valence-electron chi connectivity index (χ1n) is 9.49. The highest BCUT2D eigenvalue weighted by Crippen LogP contribution is 2.40. The summed E-state index contributed by atoms with van der Waals surface area (Å²) in [6.07, 6.45) is 9.62. The molecule has 0 bridgehead atoms. The molecule has 0 saturated carbocycles. The van der Waals surface area contributed by atoms with Crippen LogP contribution in [0.1, 0.15) is 36.9 Å². The van der Waals surface area contributed by atoms with Crippen LogP contribution in [-0.4, -0.2) is 40.4 Å². The Bertz CT molecular complexity index is 779. The topological polar surface area (TPSA) is 49.3 Å². The Labute approximate surface area is 155 Å². The first kappa shape index (κ1) is 17.0. The third kappa shape index (κ3) is 3.43. The van der Waals surface area contributed by atoms with Crippen LogP contribution in [0.4, 0.5) is 5.69 Å². The van der Waals surface area contributed by atoms with Gasteiger partial charge in [-0.25, -0.2) is 0 Å². The van der Waals surface area contributed by atoms with Gasteiger partial charge in [-0.15, -0.1) is 0 Å². The zero-order valence-electron chi connectivity index (χ0n) is 15.4. The van der Waals surface area contributed by atoms with Gasteiger partial charge in [-0.3, -0.25) is 14.8 Å². The second-order valence-corrected chi connectivity index (χ2v) is 7.76. The molecule has 1 amide bonds. The molecule has 0 radical (unpaired) electrons. The maximum absolute atomic E-state index is 12.5. The molecule has 5 nitrogen and oxygen atoms in total. The third-order valence-corrected chi connectivity index (χ3v) is 5.82. The lowest BCUT2D eigenvalue weighted by Crippen LogP contribution is -2.54. The van der Waals surface area contributed by atoms with Crippen molar-refractivity contribution in [3.63, 3.8) is 0 Å². The summed E-state index contributed by atoms with van der Waals surface area (Å²) in [7, 11) is 0. The predicted molar refractivity (Wildman–Crippen MR) is 102 cm³/mol. The van der Waals surface area contributed by atoms with Gasteiger partial charge in [-0.2, -0.15) is 0 Å². The van der Waals surface area contributed by atoms with Gasteiger partial charge in [0.05, 0.1) is 12.2 Å². The van der Waals surface area contributed by atoms with Crippen molar-refractivity contribution in [2.24, 2.45) is 5.41 Å². The maximum Gasteiger partial charge on any atom is 0.222 e. The van der Waals surface area contributed by atoms with Crippen LogP contribution in [0.15, 0.2) is 42.9 Å². The van der Waals surface area contributed by atoms with Crippen LogP contribution < -0.4 is 4.90 Å². The largest absolute Gasteiger partial charge is 0.371 e. The number of amides is 1. The van der Waals surface area contributed by atoms with Crippen LogP contribution in [0, 0.1) is 12.3 Å². The molecule has 4 heterocycles. The second kappa shape index (κ2) is 7.06. The number of pyridine rings is 2. The summed E-state index contributed by atoms with van der Waals surface area (Å²) < 4.78 is 0. The highest BCUT2D eigenvalue weighted by Gasteiger charge is 2.42. The Kier molecular flexibility index (Phi) is 4.62. The van der Waals surface area contributed by atoms with Gasteiger partial charge in [0.25, 0.3) is 0 Å². The van der Waals surface area contributed by atoms with Crippen molar-refractivity contribution in [1.29, 1.82) is 0 Å². The number of carbonyl (C=O) groups is 1. The summed E-state index contributed by atoms with van der Waals surface area (Å²) in [5, 5.41) is 0. The molecule has 1 atom stereocenters. The van der Waals surface area contributed by atoms with Crippen LogP contribution in [-0.2, 0) is 11.3 Å². The molecule has 2 aliphatic rings. The van der Waals surface area contributed by atoms with Crippen molar-refractivity contribution in [2.45, 2.75) is 39.2 Å². The van der Waals surface area contributed by atoms with E-state index in [4.69, 9.17) is 0 Å². The number of likely N-dealkylation sites (tertiary alicyclic amines) is 1. The number of hydrogen-bond acceptors (Lipinski definition) is 4. The van der Waals surface area contributed by atoms with Gasteiger partial charge in [0, 0.05) is 55.7 Å². The molecule has 0 aliphatic carbocycles. The molecule has 0 aromatic carbocycles. The van der Waals surface area contributed by atoms with Gasteiger partial charge >= 0.3 is 0 Å². The van der Waals surface area contributed by atoms with Gasteiger partial charge in [-0.1, -0.05) is 6.07 Å². The maximum atomic E-state index is 12.5. The molecule has 26 heavy (non-hydrogen) atoms. The van der Waals surface area contributed by atoms with Crippen molar-refractivity contribution in [2.75, 3.05) is 24.5 Å². The number of anilines is 1. The molecule has 5 heteroatoms. The molecule has 4 rings (SSSR count). The van der Waals surface area contributed by atoms with Crippen molar-refractivity contribution in [3.05, 3.63) is 54.1 Å². The minimum atomic E-state index is 0.191. The first-order valence-corrected chi connectivity index (χ1v) is 9.49. The minimum absolute atomic E-state index is 0.191. The summed E-state index contributed by atoms with van der Waals surface area (Å²) in [5.41, 5.74) is 3.67. The molecule has 0 N–H and O–H groups in total. The molecule has 0 unspecified atom stereocenters. The van der Waals surface area contributed by atoms with Crippen LogP contribution in [0.25, 0.3) is 0 Å². The number of nitrogens with zero attached hydrogens (tertiary/aromatic N) is 4. The van der Waals surface area contributed by atoms with Gasteiger partial charge in [-0.05, 0) is 49.9 Å². The molecule has 2 saturated heterocycles. The van der Waals surface area contributed by atoms with Gasteiger partial charge in [0.2, 0.25) is 5.91 Å². The van der Waals surface area contributed by atoms with E-state index in [0.29, 0.717) is 13.0 Å². The highest BCUT2D eigenvalue weighted by atomic mass is 16.2. The molecule has 136 valence electrons. The average Bonchev–Trinajstić information content (AvgIpc) is 2.66. The summed E-state index contributed by atoms with van der Waals surface area (Å²) in [6, 6.07) is 8.02. The Balaban J connectivity index is 1.52. The lowest BCUT2D eigenvalue weighted by molar-refractivity contribution is -0.138. The van der Waals surface area contributed by atoms with E-state index in [1.54, 1.807) is 6.20 Å². The number of aryl methyl sites for hydroxylation is 1. The molecule has 2 fully saturated rings. The van der Waals surface area contributed by atoms with Crippen molar-refractivity contribution >= 4 is 11.6 Å². The fourth-order valence-electron chi connectivity index (χ4n) is 4.50. The predicted octanol–water partition coefficient (Wildman–Crippen LogP) is 3.19. The van der Waals surface area contributed by atoms with Crippen molar-refractivity contribution in [1.82, 2.24) is 14.9 Å². The summed E-state index contributed by atoms with van der Waals surface area (Å²) >= 11 is 0. The Morgan fingerprint density at radius 1 is 1.15 bits per heavy atom. The van der Waals surface area contributed by atoms with E-state index < -0.39 is 0 Å². The molecule has 2 aliphatic heterocycles. The smallest absolute Gasteiger partial charge is 0.222 e. The number of aromatic nitrogens is 2. The normalized spacial score (nSPS) is 23.5. The van der Waals surface area contributed by atoms with Gasteiger partial charge < -0.3 is 9.80 Å². The van der Waals surface area contributed by atoms with E-state index in [9.17, 15) is 4.79 Å². The zero-order chi connectivity index (χ0) is 18.0. The zero-order valence-corrected chi connectivity index (χ0v) is 15.4. The van der Waals surface area contributed by atoms with Gasteiger partial charge in [0.15, 0.2) is 0 Å². The van der Waals surface area contributed by atoms with E-state index >= 15 is 0 Å². The molecular formula is C21H26N4O. The summed E-state index contributed by atoms with van der Waals surface area (Å²) in [5.74, 6) is 0.262. The number of hydrogen-bond donors (Lipinski definition) is 0. The second-order valence-electron chi connectivity index (χ2n) is 7.76. The SMILES string of the molecule is Cc1cnccc1N1CCC[C@]2(CCC(=O)N(Cc3ccccn3)C2)C1. The van der Waals surface area contributed by atoms with E-state index in [1.165, 1.54) is 24.1 Å². The van der Waals surface area contributed by atoms with Crippen molar-refractivity contribution in [3.8, 4) is 0 Å². The quantitative estimate of drug-likeness (QED) is 0.853. The number of piperidine rings is 2. The molecule has 2 aromatic heterocycles. The average molecular weight is 350 g/mol. The van der Waals surface area contributed by atoms with E-state index in [0.717, 1.165) is 31.7 Å². The van der Waals surface area contributed by atoms with Crippen LogP contribution in [0.5, 0.6) is 0 Å². The monoisotopic (exact) mass is 350 g/mol. The molecule has 2 aromatic rings. The van der Waals surface area contributed by atoms with E-state index in [1.807, 2.05) is 35.5 Å². The molecule has 1 spiro atoms. The Hall–Kier alpha value is -2.43. The number of rotatable bonds is 3.